The second-order valence-electron chi connectivity index (χ2n) is 5.58. The number of pyridine rings is 1. The van der Waals surface area contributed by atoms with Crippen molar-refractivity contribution in [3.63, 3.8) is 0 Å². The SMILES string of the molecule is CCCCCC#CCN1CCCC[C@@H]1c1cccnc1.Cl. The van der Waals surface area contributed by atoms with Crippen LogP contribution in [0, 0.1) is 11.8 Å². The van der Waals surface area contributed by atoms with Crippen LogP contribution in [0.1, 0.15) is 63.5 Å². The third-order valence-electron chi connectivity index (χ3n) is 4.00. The first-order valence-corrected chi connectivity index (χ1v) is 8.01. The van der Waals surface area contributed by atoms with Crippen molar-refractivity contribution in [1.82, 2.24) is 9.88 Å². The highest BCUT2D eigenvalue weighted by molar-refractivity contribution is 5.85. The molecule has 116 valence electrons. The van der Waals surface area contributed by atoms with E-state index in [0.717, 1.165) is 13.0 Å². The molecule has 0 N–H and O–H groups in total. The predicted molar refractivity (Wildman–Crippen MR) is 91.6 cm³/mol. The number of halogens is 1. The maximum absolute atomic E-state index is 4.26. The van der Waals surface area contributed by atoms with Gasteiger partial charge < -0.3 is 0 Å². The molecule has 1 aromatic rings. The van der Waals surface area contributed by atoms with E-state index in [-0.39, 0.29) is 12.4 Å². The third kappa shape index (κ3) is 6.08. The van der Waals surface area contributed by atoms with E-state index in [1.54, 1.807) is 0 Å². The summed E-state index contributed by atoms with van der Waals surface area (Å²) >= 11 is 0. The van der Waals surface area contributed by atoms with Crippen molar-refractivity contribution in [2.45, 2.75) is 57.9 Å². The van der Waals surface area contributed by atoms with E-state index < -0.39 is 0 Å². The van der Waals surface area contributed by atoms with Crippen LogP contribution >= 0.6 is 12.4 Å². The zero-order valence-corrected chi connectivity index (χ0v) is 13.9. The second-order valence-corrected chi connectivity index (χ2v) is 5.58. The molecule has 1 aliphatic heterocycles. The minimum absolute atomic E-state index is 0. The smallest absolute Gasteiger partial charge is 0.0606 e. The Balaban J connectivity index is 0.00000220. The number of likely N-dealkylation sites (tertiary alicyclic amines) is 1. The molecule has 2 rings (SSSR count). The molecule has 0 amide bonds. The van der Waals surface area contributed by atoms with Crippen molar-refractivity contribution in [3.05, 3.63) is 30.1 Å². The van der Waals surface area contributed by atoms with Gasteiger partial charge in [-0.1, -0.05) is 38.2 Å². The van der Waals surface area contributed by atoms with E-state index in [1.165, 1.54) is 50.6 Å². The van der Waals surface area contributed by atoms with Gasteiger partial charge in [-0.25, -0.2) is 0 Å². The van der Waals surface area contributed by atoms with Crippen LogP contribution in [0.2, 0.25) is 0 Å². The molecule has 3 heteroatoms. The molecule has 21 heavy (non-hydrogen) atoms. The van der Waals surface area contributed by atoms with Gasteiger partial charge in [0.2, 0.25) is 0 Å². The van der Waals surface area contributed by atoms with Crippen LogP contribution in [0.3, 0.4) is 0 Å². The summed E-state index contributed by atoms with van der Waals surface area (Å²) in [4.78, 5) is 6.78. The summed E-state index contributed by atoms with van der Waals surface area (Å²) in [5.41, 5.74) is 1.35. The number of hydrogen-bond acceptors (Lipinski definition) is 2. The molecule has 0 radical (unpaired) electrons. The first kappa shape index (κ1) is 18.0. The monoisotopic (exact) mass is 306 g/mol. The van der Waals surface area contributed by atoms with Crippen LogP contribution in [0.5, 0.6) is 0 Å². The largest absolute Gasteiger partial charge is 0.285 e. The average Bonchev–Trinajstić information content (AvgIpc) is 2.52. The third-order valence-corrected chi connectivity index (χ3v) is 4.00. The van der Waals surface area contributed by atoms with Gasteiger partial charge in [-0.15, -0.1) is 18.3 Å². The lowest BCUT2D eigenvalue weighted by atomic mass is 9.96. The minimum atomic E-state index is 0. The van der Waals surface area contributed by atoms with Crippen LogP contribution in [0.25, 0.3) is 0 Å². The maximum Gasteiger partial charge on any atom is 0.0606 e. The molecular formula is C18H27ClN2. The lowest BCUT2D eigenvalue weighted by Gasteiger charge is -2.34. The van der Waals surface area contributed by atoms with E-state index in [9.17, 15) is 0 Å². The molecule has 1 aliphatic rings. The molecule has 0 unspecified atom stereocenters. The van der Waals surface area contributed by atoms with Crippen molar-refractivity contribution < 1.29 is 0 Å². The fourth-order valence-corrected chi connectivity index (χ4v) is 2.84. The second kappa shape index (κ2) is 10.7. The Hall–Kier alpha value is -1.04. The van der Waals surface area contributed by atoms with E-state index in [0.29, 0.717) is 6.04 Å². The van der Waals surface area contributed by atoms with Gasteiger partial charge in [0, 0.05) is 24.9 Å². The average molecular weight is 307 g/mol. The van der Waals surface area contributed by atoms with Gasteiger partial charge in [0.25, 0.3) is 0 Å². The van der Waals surface area contributed by atoms with Crippen molar-refractivity contribution in [2.75, 3.05) is 13.1 Å². The predicted octanol–water partition coefficient (Wildman–Crippen LogP) is 4.61. The molecule has 1 atom stereocenters. The summed E-state index contributed by atoms with van der Waals surface area (Å²) in [5, 5.41) is 0. The molecule has 0 spiro atoms. The lowest BCUT2D eigenvalue weighted by molar-refractivity contribution is 0.169. The summed E-state index contributed by atoms with van der Waals surface area (Å²) in [6.45, 7) is 4.31. The standard InChI is InChI=1S/C18H26N2.ClH/c1-2-3-4-5-6-8-14-20-15-9-7-12-18(20)17-11-10-13-19-16-17;/h10-11,13,16,18H,2-5,7,9,12,14-15H2,1H3;1H/t18-;/m1./s1. The van der Waals surface area contributed by atoms with Crippen LogP contribution in [0.15, 0.2) is 24.5 Å². The molecule has 0 saturated carbocycles. The summed E-state index contributed by atoms with van der Waals surface area (Å²) in [5.74, 6) is 6.70. The summed E-state index contributed by atoms with van der Waals surface area (Å²) in [6, 6.07) is 4.76. The molecular weight excluding hydrogens is 280 g/mol. The highest BCUT2D eigenvalue weighted by Crippen LogP contribution is 2.29. The Labute approximate surface area is 135 Å². The molecule has 1 fully saturated rings. The number of aromatic nitrogens is 1. The molecule has 0 aromatic carbocycles. The highest BCUT2D eigenvalue weighted by atomic mass is 35.5. The van der Waals surface area contributed by atoms with E-state index in [1.807, 2.05) is 18.5 Å². The van der Waals surface area contributed by atoms with Crippen LogP contribution in [-0.2, 0) is 0 Å². The number of hydrogen-bond donors (Lipinski definition) is 0. The maximum atomic E-state index is 4.26. The zero-order valence-electron chi connectivity index (χ0n) is 13.1. The number of rotatable bonds is 5. The Morgan fingerprint density at radius 1 is 1.29 bits per heavy atom. The Morgan fingerprint density at radius 3 is 2.95 bits per heavy atom. The van der Waals surface area contributed by atoms with Gasteiger partial charge >= 0.3 is 0 Å². The molecule has 2 nitrogen and oxygen atoms in total. The number of nitrogens with zero attached hydrogens (tertiary/aromatic N) is 2. The summed E-state index contributed by atoms with van der Waals surface area (Å²) in [6.07, 6.45) is 12.6. The van der Waals surface area contributed by atoms with Crippen molar-refractivity contribution in [2.24, 2.45) is 0 Å². The topological polar surface area (TPSA) is 16.1 Å². The minimum Gasteiger partial charge on any atom is -0.285 e. The van der Waals surface area contributed by atoms with E-state index in [2.05, 4.69) is 34.7 Å². The van der Waals surface area contributed by atoms with Crippen molar-refractivity contribution in [1.29, 1.82) is 0 Å². The molecule has 1 aromatic heterocycles. The lowest BCUT2D eigenvalue weighted by Crippen LogP contribution is -2.33. The zero-order chi connectivity index (χ0) is 14.0. The summed E-state index contributed by atoms with van der Waals surface area (Å²) < 4.78 is 0. The van der Waals surface area contributed by atoms with Gasteiger partial charge in [0.1, 0.15) is 0 Å². The Morgan fingerprint density at radius 2 is 2.19 bits per heavy atom. The van der Waals surface area contributed by atoms with Gasteiger partial charge in [0.15, 0.2) is 0 Å². The first-order chi connectivity index (χ1) is 9.92. The van der Waals surface area contributed by atoms with E-state index >= 15 is 0 Å². The normalized spacial score (nSPS) is 18.4. The van der Waals surface area contributed by atoms with Crippen LogP contribution in [-0.4, -0.2) is 23.0 Å². The molecule has 0 bridgehead atoms. The van der Waals surface area contributed by atoms with Gasteiger partial charge in [-0.05, 0) is 37.4 Å². The number of unbranched alkanes of at least 4 members (excludes halogenated alkanes) is 3. The number of piperidine rings is 1. The van der Waals surface area contributed by atoms with Gasteiger partial charge in [0.05, 0.1) is 6.54 Å². The van der Waals surface area contributed by atoms with E-state index in [4.69, 9.17) is 0 Å². The van der Waals surface area contributed by atoms with Gasteiger partial charge in [-0.2, -0.15) is 0 Å². The highest BCUT2D eigenvalue weighted by Gasteiger charge is 2.22. The molecule has 1 saturated heterocycles. The van der Waals surface area contributed by atoms with Crippen LogP contribution in [0.4, 0.5) is 0 Å². The fourth-order valence-electron chi connectivity index (χ4n) is 2.84. The van der Waals surface area contributed by atoms with Gasteiger partial charge in [-0.3, -0.25) is 9.88 Å². The Bertz CT molecular complexity index is 436. The molecule has 2 heterocycles. The van der Waals surface area contributed by atoms with Crippen molar-refractivity contribution >= 4 is 12.4 Å². The quantitative estimate of drug-likeness (QED) is 0.583. The summed E-state index contributed by atoms with van der Waals surface area (Å²) in [7, 11) is 0. The van der Waals surface area contributed by atoms with Crippen LogP contribution < -0.4 is 0 Å². The Kier molecular flexibility index (Phi) is 9.14. The fraction of sp³-hybridized carbons (Fsp3) is 0.611. The first-order valence-electron chi connectivity index (χ1n) is 8.01. The van der Waals surface area contributed by atoms with Crippen molar-refractivity contribution in [3.8, 4) is 11.8 Å². The molecule has 0 aliphatic carbocycles.